The van der Waals surface area contributed by atoms with Crippen molar-refractivity contribution in [1.82, 2.24) is 5.32 Å². The van der Waals surface area contributed by atoms with Gasteiger partial charge in [0.2, 0.25) is 10.0 Å². The number of ether oxygens (including phenoxy) is 4. The van der Waals surface area contributed by atoms with Crippen molar-refractivity contribution in [1.29, 1.82) is 0 Å². The molecule has 2 N–H and O–H groups in total. The molecule has 0 aliphatic carbocycles. The first-order chi connectivity index (χ1) is 20.0. The van der Waals surface area contributed by atoms with Gasteiger partial charge in [-0.15, -0.1) is 0 Å². The Bertz CT molecular complexity index is 1260. The van der Waals surface area contributed by atoms with Crippen LogP contribution in [0.25, 0.3) is 0 Å². The van der Waals surface area contributed by atoms with Crippen LogP contribution in [0.5, 0.6) is 11.5 Å². The van der Waals surface area contributed by atoms with Crippen molar-refractivity contribution in [2.45, 2.75) is 57.5 Å². The number of nitrogens with zero attached hydrogens (tertiary/aromatic N) is 1. The van der Waals surface area contributed by atoms with E-state index >= 15 is 0 Å². The molecule has 0 aliphatic heterocycles. The molecule has 0 amide bonds. The number of halogens is 2. The lowest BCUT2D eigenvalue weighted by atomic mass is 10.1. The molecule has 0 fully saturated rings. The number of aliphatic hydroxyl groups excluding tert-OH is 1. The van der Waals surface area contributed by atoms with Crippen LogP contribution in [0.15, 0.2) is 40.9 Å². The molecule has 1 atom stereocenters. The van der Waals surface area contributed by atoms with Crippen LogP contribution < -0.4 is 19.1 Å². The third-order valence-corrected chi connectivity index (χ3v) is 11.6. The molecule has 0 aromatic heterocycles. The average molecular weight is 740 g/mol. The summed E-state index contributed by atoms with van der Waals surface area (Å²) >= 11 is 9.57. The summed E-state index contributed by atoms with van der Waals surface area (Å²) in [6.07, 6.45) is 0.220. The van der Waals surface area contributed by atoms with Gasteiger partial charge in [-0.05, 0) is 48.0 Å². The Labute approximate surface area is 273 Å². The normalized spacial score (nSPS) is 13.2. The van der Waals surface area contributed by atoms with E-state index in [2.05, 4.69) is 60.5 Å². The molecule has 0 spiro atoms. The number of sulfonamides is 1. The lowest BCUT2D eigenvalue weighted by molar-refractivity contribution is 0.0222. The molecule has 0 radical (unpaired) electrons. The van der Waals surface area contributed by atoms with E-state index in [1.165, 1.54) is 4.31 Å². The zero-order chi connectivity index (χ0) is 32.3. The Morgan fingerprint density at radius 1 is 0.930 bits per heavy atom. The van der Waals surface area contributed by atoms with Crippen molar-refractivity contribution in [2.24, 2.45) is 0 Å². The predicted molar refractivity (Wildman–Crippen MR) is 185 cm³/mol. The van der Waals surface area contributed by atoms with Gasteiger partial charge in [-0.1, -0.05) is 72.9 Å². The van der Waals surface area contributed by atoms with E-state index < -0.39 is 32.3 Å². The highest BCUT2D eigenvalue weighted by molar-refractivity contribution is 9.10. The Morgan fingerprint density at radius 2 is 1.56 bits per heavy atom. The first kappa shape index (κ1) is 38.0. The van der Waals surface area contributed by atoms with Gasteiger partial charge in [0.15, 0.2) is 6.79 Å². The van der Waals surface area contributed by atoms with Gasteiger partial charge in [-0.3, -0.25) is 0 Å². The van der Waals surface area contributed by atoms with Crippen LogP contribution in [0.2, 0.25) is 56.4 Å². The molecule has 0 saturated heterocycles. The minimum absolute atomic E-state index is 0.0165. The molecule has 14 heteroatoms. The fourth-order valence-electron chi connectivity index (χ4n) is 3.65. The summed E-state index contributed by atoms with van der Waals surface area (Å²) in [5, 5.41) is 14.6. The van der Waals surface area contributed by atoms with Crippen LogP contribution in [-0.2, 0) is 19.5 Å². The Hall–Kier alpha value is -1.17. The minimum Gasteiger partial charge on any atom is -0.491 e. The van der Waals surface area contributed by atoms with Crippen LogP contribution in [-0.4, -0.2) is 82.4 Å². The summed E-state index contributed by atoms with van der Waals surface area (Å²) < 4.78 is 51.0. The van der Waals surface area contributed by atoms with E-state index in [-0.39, 0.29) is 25.8 Å². The highest BCUT2D eigenvalue weighted by Gasteiger charge is 2.24. The molecular formula is C29H48BrClN2O7SSi2. The summed E-state index contributed by atoms with van der Waals surface area (Å²) in [4.78, 5) is 0. The number of anilines is 1. The molecule has 2 aromatic rings. The molecule has 0 bridgehead atoms. The summed E-state index contributed by atoms with van der Waals surface area (Å²) in [7, 11) is -6.36. The van der Waals surface area contributed by atoms with Gasteiger partial charge in [0.25, 0.3) is 0 Å². The van der Waals surface area contributed by atoms with Crippen LogP contribution in [0.3, 0.4) is 0 Å². The van der Waals surface area contributed by atoms with Gasteiger partial charge in [-0.2, -0.15) is 0 Å². The molecule has 2 rings (SSSR count). The van der Waals surface area contributed by atoms with Crippen LogP contribution in [0, 0.1) is 0 Å². The van der Waals surface area contributed by atoms with Crippen molar-refractivity contribution in [3.63, 3.8) is 0 Å². The first-order valence-electron chi connectivity index (χ1n) is 14.3. The van der Waals surface area contributed by atoms with Gasteiger partial charge in [0.05, 0.1) is 23.1 Å². The molecular weight excluding hydrogens is 692 g/mol. The SMILES string of the molecule is C[Si](C)(C)CCOCOc1ccc(C(O)CNCCOc2ccc(Br)cc2Cl)cc1N(COCC[Si](C)(C)C)S(C)(=O)=O. The topological polar surface area (TPSA) is 107 Å². The van der Waals surface area contributed by atoms with Crippen LogP contribution >= 0.6 is 27.5 Å². The molecule has 43 heavy (non-hydrogen) atoms. The molecule has 9 nitrogen and oxygen atoms in total. The highest BCUT2D eigenvalue weighted by atomic mass is 79.9. The maximum atomic E-state index is 12.9. The van der Waals surface area contributed by atoms with E-state index in [0.29, 0.717) is 48.5 Å². The maximum Gasteiger partial charge on any atom is 0.234 e. The number of aliphatic hydroxyl groups is 1. The quantitative estimate of drug-likeness (QED) is 0.0893. The lowest BCUT2D eigenvalue weighted by Gasteiger charge is -2.26. The van der Waals surface area contributed by atoms with Gasteiger partial charge in [0, 0.05) is 46.9 Å². The van der Waals surface area contributed by atoms with Gasteiger partial charge >= 0.3 is 0 Å². The molecule has 0 heterocycles. The number of hydrogen-bond donors (Lipinski definition) is 2. The van der Waals surface area contributed by atoms with Crippen molar-refractivity contribution in [3.8, 4) is 11.5 Å². The molecule has 0 saturated carbocycles. The second kappa shape index (κ2) is 17.5. The second-order valence-corrected chi connectivity index (χ2v) is 27.3. The fourth-order valence-corrected chi connectivity index (χ4v) is 6.66. The minimum atomic E-state index is -3.73. The zero-order valence-electron chi connectivity index (χ0n) is 26.4. The van der Waals surface area contributed by atoms with Gasteiger partial charge in [0.1, 0.15) is 24.8 Å². The molecule has 0 aliphatic rings. The smallest absolute Gasteiger partial charge is 0.234 e. The number of hydrogen-bond acceptors (Lipinski definition) is 8. The monoisotopic (exact) mass is 738 g/mol. The molecule has 2 aromatic carbocycles. The standard InChI is InChI=1S/C29H48BrClN2O7SSi2/c1-41(35,36)33(21-37-14-16-42(2,3)4)26-18-23(8-10-29(26)40-22-38-15-17-43(5,6)7)27(34)20-32-12-13-39-28-11-9-24(30)19-25(28)31/h8-11,18-19,27,32,34H,12-17,20-22H2,1-7H3. The maximum absolute atomic E-state index is 12.9. The predicted octanol–water partition coefficient (Wildman–Crippen LogP) is 6.57. The van der Waals surface area contributed by atoms with E-state index in [1.54, 1.807) is 30.3 Å². The lowest BCUT2D eigenvalue weighted by Crippen LogP contribution is -2.34. The fraction of sp³-hybridized carbons (Fsp3) is 0.586. The van der Waals surface area contributed by atoms with E-state index in [1.807, 2.05) is 6.07 Å². The van der Waals surface area contributed by atoms with Crippen molar-refractivity contribution < 1.29 is 32.5 Å². The molecule has 244 valence electrons. The third kappa shape index (κ3) is 15.1. The Morgan fingerprint density at radius 3 is 2.16 bits per heavy atom. The third-order valence-electron chi connectivity index (χ3n) is 6.30. The zero-order valence-corrected chi connectivity index (χ0v) is 31.6. The first-order valence-corrected chi connectivity index (χ1v) is 24.8. The summed E-state index contributed by atoms with van der Waals surface area (Å²) in [6, 6.07) is 12.3. The van der Waals surface area contributed by atoms with Crippen LogP contribution in [0.4, 0.5) is 5.69 Å². The van der Waals surface area contributed by atoms with E-state index in [9.17, 15) is 13.5 Å². The largest absolute Gasteiger partial charge is 0.491 e. The number of rotatable bonds is 20. The second-order valence-electron chi connectivity index (χ2n) is 12.8. The number of benzene rings is 2. The highest BCUT2D eigenvalue weighted by Crippen LogP contribution is 2.33. The summed E-state index contributed by atoms with van der Waals surface area (Å²) in [5.74, 6) is 0.903. The van der Waals surface area contributed by atoms with Gasteiger partial charge < -0.3 is 29.4 Å². The van der Waals surface area contributed by atoms with E-state index in [0.717, 1.165) is 22.8 Å². The Balaban J connectivity index is 2.12. The van der Waals surface area contributed by atoms with E-state index in [4.69, 9.17) is 30.5 Å². The van der Waals surface area contributed by atoms with Crippen LogP contribution in [0.1, 0.15) is 11.7 Å². The number of nitrogens with one attached hydrogen (secondary N) is 1. The Kier molecular flexibility index (Phi) is 15.5. The summed E-state index contributed by atoms with van der Waals surface area (Å²) in [6.45, 7) is 15.4. The average Bonchev–Trinajstić information content (AvgIpc) is 2.87. The molecule has 1 unspecified atom stereocenters. The van der Waals surface area contributed by atoms with Gasteiger partial charge in [-0.25, -0.2) is 12.7 Å². The summed E-state index contributed by atoms with van der Waals surface area (Å²) in [5.41, 5.74) is 0.816. The van der Waals surface area contributed by atoms with Crippen molar-refractivity contribution >= 4 is 59.4 Å². The van der Waals surface area contributed by atoms with Crippen molar-refractivity contribution in [3.05, 3.63) is 51.5 Å². The van der Waals surface area contributed by atoms with Crippen molar-refractivity contribution in [2.75, 3.05) is 57.0 Å².